The summed E-state index contributed by atoms with van der Waals surface area (Å²) in [7, 11) is 0. The van der Waals surface area contributed by atoms with E-state index in [1.54, 1.807) is 0 Å². The van der Waals surface area contributed by atoms with Gasteiger partial charge in [-0.2, -0.15) is 0 Å². The van der Waals surface area contributed by atoms with Gasteiger partial charge in [-0.3, -0.25) is 4.79 Å². The molecule has 0 spiro atoms. The molecule has 29 heavy (non-hydrogen) atoms. The first kappa shape index (κ1) is 20.0. The van der Waals surface area contributed by atoms with Crippen molar-refractivity contribution in [1.29, 1.82) is 0 Å². The Bertz CT molecular complexity index is 987. The molecule has 1 amide bonds. The number of H-pyrrole nitrogens is 1. The summed E-state index contributed by atoms with van der Waals surface area (Å²) in [5.41, 5.74) is 4.60. The minimum absolute atomic E-state index is 0.0758. The van der Waals surface area contributed by atoms with Crippen molar-refractivity contribution in [2.75, 3.05) is 0 Å². The molecule has 3 nitrogen and oxygen atoms in total. The lowest BCUT2D eigenvalue weighted by Gasteiger charge is -2.24. The van der Waals surface area contributed by atoms with Crippen LogP contribution in [0.2, 0.25) is 5.02 Å². The number of fused-ring (bicyclic) bond motifs is 1. The molecule has 0 aliphatic heterocycles. The van der Waals surface area contributed by atoms with Gasteiger partial charge in [0.1, 0.15) is 0 Å². The van der Waals surface area contributed by atoms with Gasteiger partial charge >= 0.3 is 0 Å². The molecule has 0 unspecified atom stereocenters. The number of aromatic amines is 1. The second-order valence-corrected chi connectivity index (χ2v) is 8.53. The van der Waals surface area contributed by atoms with Gasteiger partial charge in [0.2, 0.25) is 5.91 Å². The van der Waals surface area contributed by atoms with Crippen molar-refractivity contribution >= 4 is 28.4 Å². The molecule has 0 saturated heterocycles. The molecular formula is C25H29ClN2O. The highest BCUT2D eigenvalue weighted by Gasteiger charge is 2.25. The Morgan fingerprint density at radius 3 is 2.66 bits per heavy atom. The van der Waals surface area contributed by atoms with Crippen LogP contribution >= 0.6 is 11.6 Å². The summed E-state index contributed by atoms with van der Waals surface area (Å²) in [5.74, 6) is 0.0379. The molecule has 1 atom stereocenters. The third-order valence-corrected chi connectivity index (χ3v) is 6.57. The maximum Gasteiger partial charge on any atom is 0.221 e. The molecule has 0 bridgehead atoms. The van der Waals surface area contributed by atoms with Gasteiger partial charge in [-0.15, -0.1) is 0 Å². The molecule has 1 saturated carbocycles. The van der Waals surface area contributed by atoms with Crippen LogP contribution in [0.3, 0.4) is 0 Å². The highest BCUT2D eigenvalue weighted by Crippen LogP contribution is 2.37. The van der Waals surface area contributed by atoms with Gasteiger partial charge in [0, 0.05) is 40.5 Å². The largest absolute Gasteiger partial charge is 0.361 e. The summed E-state index contributed by atoms with van der Waals surface area (Å²) >= 11 is 6.58. The van der Waals surface area contributed by atoms with E-state index in [1.165, 1.54) is 30.2 Å². The maximum atomic E-state index is 13.0. The number of halogens is 1. The lowest BCUT2D eigenvalue weighted by atomic mass is 9.87. The van der Waals surface area contributed by atoms with E-state index in [0.717, 1.165) is 35.9 Å². The van der Waals surface area contributed by atoms with Crippen LogP contribution in [0.25, 0.3) is 10.9 Å². The Labute approximate surface area is 177 Å². The van der Waals surface area contributed by atoms with Crippen LogP contribution in [-0.2, 0) is 11.2 Å². The van der Waals surface area contributed by atoms with Gasteiger partial charge in [-0.1, -0.05) is 74.2 Å². The Morgan fingerprint density at radius 2 is 1.90 bits per heavy atom. The summed E-state index contributed by atoms with van der Waals surface area (Å²) in [6.45, 7) is 2.17. The van der Waals surface area contributed by atoms with Crippen molar-refractivity contribution in [2.24, 2.45) is 0 Å². The molecule has 0 radical (unpaired) electrons. The first-order valence-corrected chi connectivity index (χ1v) is 11.2. The van der Waals surface area contributed by atoms with Crippen LogP contribution < -0.4 is 5.32 Å². The Hall–Kier alpha value is -2.26. The Morgan fingerprint density at radius 1 is 1.10 bits per heavy atom. The molecule has 2 aromatic carbocycles. The van der Waals surface area contributed by atoms with Crippen molar-refractivity contribution in [3.05, 3.63) is 70.4 Å². The fourth-order valence-electron chi connectivity index (χ4n) is 4.69. The molecule has 1 aromatic heterocycles. The fraction of sp³-hybridized carbons (Fsp3) is 0.400. The number of carbonyl (C=O) groups excluding carboxylic acids is 1. The third kappa shape index (κ3) is 4.35. The van der Waals surface area contributed by atoms with Crippen LogP contribution in [0.15, 0.2) is 48.7 Å². The van der Waals surface area contributed by atoms with Crippen LogP contribution in [-0.4, -0.2) is 16.9 Å². The first-order chi connectivity index (χ1) is 14.2. The van der Waals surface area contributed by atoms with Crippen molar-refractivity contribution in [3.8, 4) is 0 Å². The second kappa shape index (κ2) is 9.04. The third-order valence-electron chi connectivity index (χ3n) is 6.23. The molecule has 4 heteroatoms. The number of rotatable bonds is 6. The zero-order chi connectivity index (χ0) is 20.2. The highest BCUT2D eigenvalue weighted by molar-refractivity contribution is 6.31. The zero-order valence-electron chi connectivity index (χ0n) is 17.0. The summed E-state index contributed by atoms with van der Waals surface area (Å²) in [6.07, 6.45) is 9.32. The number of nitrogens with one attached hydrogen (secondary N) is 2. The van der Waals surface area contributed by atoms with Gasteiger partial charge in [0.15, 0.2) is 0 Å². The van der Waals surface area contributed by atoms with E-state index in [1.807, 2.05) is 24.3 Å². The molecule has 1 aliphatic rings. The normalized spacial score (nSPS) is 16.1. The molecule has 3 aromatic rings. The number of hydrogen-bond acceptors (Lipinski definition) is 1. The average molecular weight is 409 g/mol. The van der Waals surface area contributed by atoms with Gasteiger partial charge in [-0.25, -0.2) is 0 Å². The minimum atomic E-state index is -0.0758. The number of aryl methyl sites for hydroxylation is 1. The van der Waals surface area contributed by atoms with Gasteiger partial charge < -0.3 is 10.3 Å². The predicted molar refractivity (Wildman–Crippen MR) is 121 cm³/mol. The molecule has 1 fully saturated rings. The van der Waals surface area contributed by atoms with Gasteiger partial charge in [0.25, 0.3) is 0 Å². The van der Waals surface area contributed by atoms with E-state index in [4.69, 9.17) is 11.6 Å². The topological polar surface area (TPSA) is 44.9 Å². The van der Waals surface area contributed by atoms with E-state index in [2.05, 4.69) is 41.6 Å². The Balaban J connectivity index is 1.68. The SMILES string of the molecule is CCc1cccc2c([C@@H](CC(=O)NC3CCCCC3)c3ccccc3Cl)c[nH]c12. The number of para-hydroxylation sites is 1. The van der Waals surface area contributed by atoms with E-state index in [0.29, 0.717) is 17.5 Å². The molecule has 2 N–H and O–H groups in total. The number of benzene rings is 2. The summed E-state index contributed by atoms with van der Waals surface area (Å²) in [4.78, 5) is 16.5. The lowest BCUT2D eigenvalue weighted by molar-refractivity contribution is -0.122. The first-order valence-electron chi connectivity index (χ1n) is 10.8. The minimum Gasteiger partial charge on any atom is -0.361 e. The van der Waals surface area contributed by atoms with E-state index in [9.17, 15) is 4.79 Å². The van der Waals surface area contributed by atoms with Gasteiger partial charge in [0.05, 0.1) is 0 Å². The quantitative estimate of drug-likeness (QED) is 0.490. The molecule has 1 aliphatic carbocycles. The van der Waals surface area contributed by atoms with Crippen LogP contribution in [0.1, 0.15) is 68.1 Å². The van der Waals surface area contributed by atoms with E-state index < -0.39 is 0 Å². The average Bonchev–Trinajstić information content (AvgIpc) is 3.17. The summed E-state index contributed by atoms with van der Waals surface area (Å²) < 4.78 is 0. The molecule has 4 rings (SSSR count). The van der Waals surface area contributed by atoms with E-state index in [-0.39, 0.29) is 11.8 Å². The van der Waals surface area contributed by atoms with Crippen LogP contribution in [0, 0.1) is 0 Å². The van der Waals surface area contributed by atoms with E-state index >= 15 is 0 Å². The number of aromatic nitrogens is 1. The number of hydrogen-bond donors (Lipinski definition) is 2. The smallest absolute Gasteiger partial charge is 0.221 e. The summed E-state index contributed by atoms with van der Waals surface area (Å²) in [5, 5.41) is 5.17. The fourth-order valence-corrected chi connectivity index (χ4v) is 4.95. The number of amides is 1. The van der Waals surface area contributed by atoms with Crippen LogP contribution in [0.4, 0.5) is 0 Å². The molecule has 152 valence electrons. The second-order valence-electron chi connectivity index (χ2n) is 8.12. The molecular weight excluding hydrogens is 380 g/mol. The van der Waals surface area contributed by atoms with Crippen molar-refractivity contribution in [3.63, 3.8) is 0 Å². The molecule has 1 heterocycles. The Kier molecular flexibility index (Phi) is 6.25. The highest BCUT2D eigenvalue weighted by atomic mass is 35.5. The van der Waals surface area contributed by atoms with Crippen molar-refractivity contribution < 1.29 is 4.79 Å². The van der Waals surface area contributed by atoms with Crippen LogP contribution in [0.5, 0.6) is 0 Å². The van der Waals surface area contributed by atoms with Crippen molar-refractivity contribution in [1.82, 2.24) is 10.3 Å². The lowest BCUT2D eigenvalue weighted by Crippen LogP contribution is -2.36. The zero-order valence-corrected chi connectivity index (χ0v) is 17.8. The predicted octanol–water partition coefficient (Wildman–Crippen LogP) is 6.35. The van der Waals surface area contributed by atoms with Crippen molar-refractivity contribution in [2.45, 2.75) is 63.8 Å². The van der Waals surface area contributed by atoms with Gasteiger partial charge in [-0.05, 0) is 42.0 Å². The maximum absolute atomic E-state index is 13.0. The monoisotopic (exact) mass is 408 g/mol. The summed E-state index contributed by atoms with van der Waals surface area (Å²) in [6, 6.07) is 14.6. The standard InChI is InChI=1S/C25H29ClN2O/c1-2-17-9-8-13-20-22(16-27-25(17)20)21(19-12-6-7-14-23(19)26)15-24(29)28-18-10-4-3-5-11-18/h6-9,12-14,16,18,21,27H,2-5,10-11,15H2,1H3,(H,28,29)/t21-/m0/s1. The number of carbonyl (C=O) groups is 1.